The first-order valence-corrected chi connectivity index (χ1v) is 8.39. The Balaban J connectivity index is 1.57. The molecule has 25 heavy (non-hydrogen) atoms. The fraction of sp³-hybridized carbons (Fsp3) is 0.167. The number of carbonyl (C=O) groups is 1. The van der Waals surface area contributed by atoms with Crippen LogP contribution in [0.25, 0.3) is 11.4 Å². The van der Waals surface area contributed by atoms with E-state index in [9.17, 15) is 4.79 Å². The molecule has 7 heteroatoms. The minimum Gasteiger partial charge on any atom is -0.497 e. The summed E-state index contributed by atoms with van der Waals surface area (Å²) in [6.07, 6.45) is 0. The molecule has 1 amide bonds. The van der Waals surface area contributed by atoms with Crippen molar-refractivity contribution >= 4 is 22.6 Å². The van der Waals surface area contributed by atoms with Gasteiger partial charge in [-0.15, -0.1) is 0 Å². The Morgan fingerprint density at radius 1 is 1.16 bits per heavy atom. The summed E-state index contributed by atoms with van der Waals surface area (Å²) >= 11 is 1.13. The number of amides is 1. The highest BCUT2D eigenvalue weighted by atomic mass is 32.1. The largest absolute Gasteiger partial charge is 0.497 e. The van der Waals surface area contributed by atoms with Crippen LogP contribution in [-0.4, -0.2) is 29.0 Å². The Hall–Kier alpha value is -2.93. The van der Waals surface area contributed by atoms with E-state index in [1.165, 1.54) is 0 Å². The SMILES string of the molecule is COc1ccc(-c2nsc(NC(=O)COc3cccc(C)c3)n2)cc1. The molecule has 0 radical (unpaired) electrons. The van der Waals surface area contributed by atoms with Gasteiger partial charge >= 0.3 is 0 Å². The average molecular weight is 355 g/mol. The molecule has 3 aromatic rings. The van der Waals surface area contributed by atoms with Crippen LogP contribution in [0.5, 0.6) is 11.5 Å². The van der Waals surface area contributed by atoms with E-state index >= 15 is 0 Å². The normalized spacial score (nSPS) is 10.3. The first kappa shape index (κ1) is 16.9. The van der Waals surface area contributed by atoms with Crippen molar-refractivity contribution in [2.24, 2.45) is 0 Å². The molecule has 0 bridgehead atoms. The van der Waals surface area contributed by atoms with E-state index < -0.39 is 0 Å². The van der Waals surface area contributed by atoms with Crippen LogP contribution >= 0.6 is 11.5 Å². The molecule has 0 fully saturated rings. The second kappa shape index (κ2) is 7.76. The number of rotatable bonds is 6. The molecule has 1 aromatic heterocycles. The average Bonchev–Trinajstić information content (AvgIpc) is 3.08. The number of aromatic nitrogens is 2. The molecule has 1 heterocycles. The second-order valence-corrected chi connectivity index (χ2v) is 6.06. The molecule has 0 atom stereocenters. The van der Waals surface area contributed by atoms with E-state index in [4.69, 9.17) is 9.47 Å². The molecule has 0 spiro atoms. The highest BCUT2D eigenvalue weighted by Crippen LogP contribution is 2.23. The monoisotopic (exact) mass is 355 g/mol. The fourth-order valence-corrected chi connectivity index (χ4v) is 2.75. The summed E-state index contributed by atoms with van der Waals surface area (Å²) in [5.74, 6) is 1.70. The third-order valence-corrected chi connectivity index (χ3v) is 4.01. The lowest BCUT2D eigenvalue weighted by atomic mass is 10.2. The zero-order valence-electron chi connectivity index (χ0n) is 13.9. The summed E-state index contributed by atoms with van der Waals surface area (Å²) < 4.78 is 14.9. The van der Waals surface area contributed by atoms with Gasteiger partial charge in [-0.05, 0) is 48.9 Å². The van der Waals surface area contributed by atoms with Crippen molar-refractivity contribution in [3.8, 4) is 22.9 Å². The van der Waals surface area contributed by atoms with Gasteiger partial charge in [0.2, 0.25) is 5.13 Å². The van der Waals surface area contributed by atoms with Gasteiger partial charge in [0, 0.05) is 17.1 Å². The molecule has 0 unspecified atom stereocenters. The quantitative estimate of drug-likeness (QED) is 0.732. The Morgan fingerprint density at radius 2 is 1.96 bits per heavy atom. The molecule has 2 aromatic carbocycles. The first-order chi connectivity index (χ1) is 12.1. The molecule has 0 saturated heterocycles. The Bertz CT molecular complexity index is 862. The number of hydrogen-bond donors (Lipinski definition) is 1. The molecule has 0 aliphatic carbocycles. The number of ether oxygens (including phenoxy) is 2. The number of aryl methyl sites for hydroxylation is 1. The number of hydrogen-bond acceptors (Lipinski definition) is 6. The summed E-state index contributed by atoms with van der Waals surface area (Å²) in [5.41, 5.74) is 1.93. The van der Waals surface area contributed by atoms with E-state index in [2.05, 4.69) is 14.7 Å². The molecule has 0 aliphatic rings. The maximum absolute atomic E-state index is 12.0. The summed E-state index contributed by atoms with van der Waals surface area (Å²) in [4.78, 5) is 16.3. The molecule has 3 rings (SSSR count). The topological polar surface area (TPSA) is 73.3 Å². The lowest BCUT2D eigenvalue weighted by Gasteiger charge is -2.06. The minimum atomic E-state index is -0.279. The van der Waals surface area contributed by atoms with Crippen molar-refractivity contribution in [3.05, 3.63) is 54.1 Å². The number of nitrogens with zero attached hydrogens (tertiary/aromatic N) is 2. The highest BCUT2D eigenvalue weighted by Gasteiger charge is 2.10. The van der Waals surface area contributed by atoms with E-state index in [1.807, 2.05) is 55.5 Å². The van der Waals surface area contributed by atoms with Crippen molar-refractivity contribution in [1.29, 1.82) is 0 Å². The molecule has 0 saturated carbocycles. The second-order valence-electron chi connectivity index (χ2n) is 5.30. The maximum Gasteiger partial charge on any atom is 0.264 e. The van der Waals surface area contributed by atoms with E-state index in [0.717, 1.165) is 28.4 Å². The van der Waals surface area contributed by atoms with Gasteiger partial charge in [0.1, 0.15) is 11.5 Å². The Labute approximate surface area is 149 Å². The third-order valence-electron chi connectivity index (χ3n) is 3.38. The van der Waals surface area contributed by atoms with Crippen LogP contribution in [0.4, 0.5) is 5.13 Å². The summed E-state index contributed by atoms with van der Waals surface area (Å²) in [6.45, 7) is 1.88. The smallest absolute Gasteiger partial charge is 0.264 e. The van der Waals surface area contributed by atoms with Gasteiger partial charge in [0.15, 0.2) is 12.4 Å². The maximum atomic E-state index is 12.0. The van der Waals surface area contributed by atoms with Crippen molar-refractivity contribution in [1.82, 2.24) is 9.36 Å². The number of nitrogens with one attached hydrogen (secondary N) is 1. The number of methoxy groups -OCH3 is 1. The van der Waals surface area contributed by atoms with Gasteiger partial charge in [-0.25, -0.2) is 0 Å². The van der Waals surface area contributed by atoms with Crippen molar-refractivity contribution in [2.45, 2.75) is 6.92 Å². The van der Waals surface area contributed by atoms with Gasteiger partial charge in [-0.2, -0.15) is 9.36 Å². The molecule has 6 nitrogen and oxygen atoms in total. The minimum absolute atomic E-state index is 0.0824. The van der Waals surface area contributed by atoms with Crippen LogP contribution in [0.1, 0.15) is 5.56 Å². The van der Waals surface area contributed by atoms with Crippen LogP contribution in [0, 0.1) is 6.92 Å². The van der Waals surface area contributed by atoms with Crippen LogP contribution in [0.2, 0.25) is 0 Å². The number of carbonyl (C=O) groups excluding carboxylic acids is 1. The van der Waals surface area contributed by atoms with Gasteiger partial charge < -0.3 is 9.47 Å². The molecule has 1 N–H and O–H groups in total. The van der Waals surface area contributed by atoms with Gasteiger partial charge in [0.05, 0.1) is 7.11 Å². The lowest BCUT2D eigenvalue weighted by Crippen LogP contribution is -2.20. The first-order valence-electron chi connectivity index (χ1n) is 7.61. The summed E-state index contributed by atoms with van der Waals surface area (Å²) in [5, 5.41) is 3.13. The molecular formula is C18H17N3O3S. The third kappa shape index (κ3) is 4.54. The fourth-order valence-electron chi connectivity index (χ4n) is 2.14. The number of anilines is 1. The molecular weight excluding hydrogens is 338 g/mol. The lowest BCUT2D eigenvalue weighted by molar-refractivity contribution is -0.118. The van der Waals surface area contributed by atoms with Crippen molar-refractivity contribution in [3.63, 3.8) is 0 Å². The predicted molar refractivity (Wildman–Crippen MR) is 97.2 cm³/mol. The van der Waals surface area contributed by atoms with Crippen LogP contribution < -0.4 is 14.8 Å². The van der Waals surface area contributed by atoms with E-state index in [0.29, 0.717) is 16.7 Å². The highest BCUT2D eigenvalue weighted by molar-refractivity contribution is 7.10. The Morgan fingerprint density at radius 3 is 2.68 bits per heavy atom. The zero-order valence-corrected chi connectivity index (χ0v) is 14.7. The van der Waals surface area contributed by atoms with E-state index in [1.54, 1.807) is 7.11 Å². The zero-order chi connectivity index (χ0) is 17.6. The molecule has 0 aliphatic heterocycles. The van der Waals surface area contributed by atoms with Gasteiger partial charge in [-0.1, -0.05) is 12.1 Å². The van der Waals surface area contributed by atoms with Gasteiger partial charge in [-0.3, -0.25) is 10.1 Å². The van der Waals surface area contributed by atoms with Crippen LogP contribution in [-0.2, 0) is 4.79 Å². The van der Waals surface area contributed by atoms with Crippen molar-refractivity contribution < 1.29 is 14.3 Å². The van der Waals surface area contributed by atoms with Crippen molar-refractivity contribution in [2.75, 3.05) is 19.0 Å². The standard InChI is InChI=1S/C18H17N3O3S/c1-12-4-3-5-15(10-12)24-11-16(22)19-18-20-17(21-25-18)13-6-8-14(23-2)9-7-13/h3-10H,11H2,1-2H3,(H,19,20,21,22). The van der Waals surface area contributed by atoms with Crippen LogP contribution in [0.15, 0.2) is 48.5 Å². The Kier molecular flexibility index (Phi) is 5.25. The summed E-state index contributed by atoms with van der Waals surface area (Å²) in [6, 6.07) is 15.0. The summed E-state index contributed by atoms with van der Waals surface area (Å²) in [7, 11) is 1.61. The van der Waals surface area contributed by atoms with Crippen LogP contribution in [0.3, 0.4) is 0 Å². The molecule has 128 valence electrons. The van der Waals surface area contributed by atoms with E-state index in [-0.39, 0.29) is 12.5 Å². The van der Waals surface area contributed by atoms with Gasteiger partial charge in [0.25, 0.3) is 5.91 Å². The predicted octanol–water partition coefficient (Wildman–Crippen LogP) is 3.54. The number of benzene rings is 2.